The van der Waals surface area contributed by atoms with Crippen molar-refractivity contribution in [2.45, 2.75) is 19.8 Å². The van der Waals surface area contributed by atoms with Gasteiger partial charge in [0.15, 0.2) is 5.78 Å². The monoisotopic (exact) mass is 153 g/mol. The highest BCUT2D eigenvalue weighted by molar-refractivity contribution is 5.89. The molecular weight excluding hydrogens is 138 g/mol. The van der Waals surface area contributed by atoms with Crippen LogP contribution in [0.3, 0.4) is 0 Å². The molecule has 0 atom stereocenters. The summed E-state index contributed by atoms with van der Waals surface area (Å²) in [6.45, 7) is 5.23. The third-order valence-corrected chi connectivity index (χ3v) is 1.96. The second kappa shape index (κ2) is 4.29. The molecule has 1 rings (SSSR count). The van der Waals surface area contributed by atoms with Gasteiger partial charge in [-0.3, -0.25) is 9.69 Å². The molecule has 2 heteroatoms. The Kier molecular flexibility index (Phi) is 3.30. The first kappa shape index (κ1) is 8.47. The fourth-order valence-corrected chi connectivity index (χ4v) is 1.02. The zero-order chi connectivity index (χ0) is 8.10. The molecular formula is C9H15NO. The number of carbonyl (C=O) groups is 1. The van der Waals surface area contributed by atoms with Crippen LogP contribution in [-0.4, -0.2) is 30.3 Å². The van der Waals surface area contributed by atoms with Crippen LogP contribution in [0.4, 0.5) is 0 Å². The summed E-state index contributed by atoms with van der Waals surface area (Å²) < 4.78 is 0. The van der Waals surface area contributed by atoms with Crippen LogP contribution in [0, 0.1) is 0 Å². The number of ketones is 1. The molecule has 1 fully saturated rings. The first-order valence-electron chi connectivity index (χ1n) is 4.24. The van der Waals surface area contributed by atoms with E-state index in [9.17, 15) is 4.79 Å². The molecule has 1 aliphatic heterocycles. The van der Waals surface area contributed by atoms with E-state index in [1.54, 1.807) is 6.08 Å². The lowest BCUT2D eigenvalue weighted by molar-refractivity contribution is -0.114. The molecule has 0 saturated carbocycles. The summed E-state index contributed by atoms with van der Waals surface area (Å²) in [7, 11) is 0. The van der Waals surface area contributed by atoms with Gasteiger partial charge in [0.25, 0.3) is 0 Å². The fourth-order valence-electron chi connectivity index (χ4n) is 1.02. The Bertz CT molecular complexity index is 159. The SMILES string of the molecule is CCC(=O)/C=C/CN1CCC1. The van der Waals surface area contributed by atoms with Gasteiger partial charge in [-0.1, -0.05) is 13.0 Å². The number of hydrogen-bond donors (Lipinski definition) is 0. The lowest BCUT2D eigenvalue weighted by Gasteiger charge is -2.29. The van der Waals surface area contributed by atoms with Crippen LogP contribution in [0.1, 0.15) is 19.8 Å². The Morgan fingerprint density at radius 1 is 1.55 bits per heavy atom. The lowest BCUT2D eigenvalue weighted by Crippen LogP contribution is -2.36. The number of rotatable bonds is 4. The highest BCUT2D eigenvalue weighted by Crippen LogP contribution is 2.04. The van der Waals surface area contributed by atoms with Crippen LogP contribution in [0.25, 0.3) is 0 Å². The van der Waals surface area contributed by atoms with Crippen molar-refractivity contribution >= 4 is 5.78 Å². The Hall–Kier alpha value is -0.630. The number of allylic oxidation sites excluding steroid dienone is 1. The Balaban J connectivity index is 2.09. The molecule has 0 aromatic heterocycles. The van der Waals surface area contributed by atoms with Gasteiger partial charge < -0.3 is 0 Å². The van der Waals surface area contributed by atoms with Gasteiger partial charge in [-0.25, -0.2) is 0 Å². The largest absolute Gasteiger partial charge is 0.300 e. The average molecular weight is 153 g/mol. The highest BCUT2D eigenvalue weighted by atomic mass is 16.1. The third kappa shape index (κ3) is 2.85. The standard InChI is InChI=1S/C9H15NO/c1-2-9(11)5-3-6-10-7-4-8-10/h3,5H,2,4,6-8H2,1H3/b5-3+. The molecule has 1 heterocycles. The predicted octanol–water partition coefficient (Wildman–Crippen LogP) is 1.23. The van der Waals surface area contributed by atoms with E-state index in [1.807, 2.05) is 13.0 Å². The number of hydrogen-bond acceptors (Lipinski definition) is 2. The van der Waals surface area contributed by atoms with Gasteiger partial charge in [-0.2, -0.15) is 0 Å². The fraction of sp³-hybridized carbons (Fsp3) is 0.667. The molecule has 0 aromatic carbocycles. The Labute approximate surface area is 67.9 Å². The maximum atomic E-state index is 10.8. The van der Waals surface area contributed by atoms with Crippen LogP contribution >= 0.6 is 0 Å². The van der Waals surface area contributed by atoms with Crippen LogP contribution in [-0.2, 0) is 4.79 Å². The second-order valence-corrected chi connectivity index (χ2v) is 2.88. The molecule has 0 radical (unpaired) electrons. The van der Waals surface area contributed by atoms with Crippen LogP contribution in [0.15, 0.2) is 12.2 Å². The number of likely N-dealkylation sites (tertiary alicyclic amines) is 1. The molecule has 0 aliphatic carbocycles. The third-order valence-electron chi connectivity index (χ3n) is 1.96. The first-order valence-corrected chi connectivity index (χ1v) is 4.24. The van der Waals surface area contributed by atoms with Crippen molar-refractivity contribution in [3.63, 3.8) is 0 Å². The van der Waals surface area contributed by atoms with E-state index in [-0.39, 0.29) is 5.78 Å². The van der Waals surface area contributed by atoms with Crippen LogP contribution in [0.2, 0.25) is 0 Å². The molecule has 62 valence electrons. The summed E-state index contributed by atoms with van der Waals surface area (Å²) in [5.74, 6) is 0.227. The van der Waals surface area contributed by atoms with Gasteiger partial charge in [0.1, 0.15) is 0 Å². The minimum atomic E-state index is 0.227. The molecule has 0 aromatic rings. The normalized spacial score (nSPS) is 18.6. The lowest BCUT2D eigenvalue weighted by atomic mass is 10.2. The average Bonchev–Trinajstić information content (AvgIpc) is 1.94. The van der Waals surface area contributed by atoms with Crippen LogP contribution < -0.4 is 0 Å². The minimum absolute atomic E-state index is 0.227. The van der Waals surface area contributed by atoms with E-state index in [4.69, 9.17) is 0 Å². The minimum Gasteiger partial charge on any atom is -0.300 e. The zero-order valence-electron chi connectivity index (χ0n) is 7.05. The van der Waals surface area contributed by atoms with Crippen molar-refractivity contribution in [1.29, 1.82) is 0 Å². The number of nitrogens with zero attached hydrogens (tertiary/aromatic N) is 1. The van der Waals surface area contributed by atoms with Crippen molar-refractivity contribution < 1.29 is 4.79 Å². The van der Waals surface area contributed by atoms with E-state index < -0.39 is 0 Å². The van der Waals surface area contributed by atoms with Gasteiger partial charge in [0.2, 0.25) is 0 Å². The molecule has 0 spiro atoms. The molecule has 1 aliphatic rings. The molecule has 0 bridgehead atoms. The maximum absolute atomic E-state index is 10.8. The quantitative estimate of drug-likeness (QED) is 0.566. The number of carbonyl (C=O) groups excluding carboxylic acids is 1. The molecule has 0 amide bonds. The Morgan fingerprint density at radius 3 is 2.73 bits per heavy atom. The van der Waals surface area contributed by atoms with Crippen molar-refractivity contribution in [3.8, 4) is 0 Å². The maximum Gasteiger partial charge on any atom is 0.155 e. The van der Waals surface area contributed by atoms with Crippen molar-refractivity contribution in [1.82, 2.24) is 4.90 Å². The summed E-state index contributed by atoms with van der Waals surface area (Å²) in [6, 6.07) is 0. The molecule has 2 nitrogen and oxygen atoms in total. The van der Waals surface area contributed by atoms with Crippen LogP contribution in [0.5, 0.6) is 0 Å². The van der Waals surface area contributed by atoms with E-state index >= 15 is 0 Å². The van der Waals surface area contributed by atoms with Crippen molar-refractivity contribution in [2.75, 3.05) is 19.6 Å². The van der Waals surface area contributed by atoms with Gasteiger partial charge in [0, 0.05) is 13.0 Å². The van der Waals surface area contributed by atoms with E-state index in [2.05, 4.69) is 4.90 Å². The summed E-state index contributed by atoms with van der Waals surface area (Å²) in [6.07, 6.45) is 5.59. The molecule has 0 unspecified atom stereocenters. The Morgan fingerprint density at radius 2 is 2.27 bits per heavy atom. The first-order chi connectivity index (χ1) is 5.33. The molecule has 0 N–H and O–H groups in total. The highest BCUT2D eigenvalue weighted by Gasteiger charge is 2.10. The van der Waals surface area contributed by atoms with Crippen molar-refractivity contribution in [3.05, 3.63) is 12.2 Å². The zero-order valence-corrected chi connectivity index (χ0v) is 7.05. The second-order valence-electron chi connectivity index (χ2n) is 2.88. The smallest absolute Gasteiger partial charge is 0.155 e. The van der Waals surface area contributed by atoms with Gasteiger partial charge in [0.05, 0.1) is 0 Å². The topological polar surface area (TPSA) is 20.3 Å². The van der Waals surface area contributed by atoms with E-state index in [0.717, 1.165) is 6.54 Å². The van der Waals surface area contributed by atoms with Gasteiger partial charge in [-0.15, -0.1) is 0 Å². The van der Waals surface area contributed by atoms with Gasteiger partial charge >= 0.3 is 0 Å². The van der Waals surface area contributed by atoms with Crippen molar-refractivity contribution in [2.24, 2.45) is 0 Å². The summed E-state index contributed by atoms with van der Waals surface area (Å²) >= 11 is 0. The molecule has 11 heavy (non-hydrogen) atoms. The van der Waals surface area contributed by atoms with Gasteiger partial charge in [-0.05, 0) is 25.6 Å². The molecule has 1 saturated heterocycles. The summed E-state index contributed by atoms with van der Waals surface area (Å²) in [5, 5.41) is 0. The predicted molar refractivity (Wildman–Crippen MR) is 45.5 cm³/mol. The summed E-state index contributed by atoms with van der Waals surface area (Å²) in [5.41, 5.74) is 0. The van der Waals surface area contributed by atoms with E-state index in [0.29, 0.717) is 6.42 Å². The summed E-state index contributed by atoms with van der Waals surface area (Å²) in [4.78, 5) is 13.1. The van der Waals surface area contributed by atoms with E-state index in [1.165, 1.54) is 19.5 Å².